The molecule has 0 saturated carbocycles. The predicted molar refractivity (Wildman–Crippen MR) is 55.6 cm³/mol. The first kappa shape index (κ1) is 10.2. The molecule has 0 radical (unpaired) electrons. The first-order chi connectivity index (χ1) is 7.72. The van der Waals surface area contributed by atoms with Crippen LogP contribution in [0.5, 0.6) is 0 Å². The van der Waals surface area contributed by atoms with E-state index < -0.39 is 4.92 Å². The highest BCUT2D eigenvalue weighted by molar-refractivity contribution is 5.66. The molecule has 2 rings (SSSR count). The van der Waals surface area contributed by atoms with E-state index in [2.05, 4.69) is 15.4 Å². The number of nitro groups is 1. The summed E-state index contributed by atoms with van der Waals surface area (Å²) in [5.41, 5.74) is 0.366. The van der Waals surface area contributed by atoms with Crippen molar-refractivity contribution in [2.45, 2.75) is 13.5 Å². The SMILES string of the molecule is CCn1nnc(-c2ccccc2[N+](=O)[O-])n1. The summed E-state index contributed by atoms with van der Waals surface area (Å²) in [6.45, 7) is 2.44. The van der Waals surface area contributed by atoms with Crippen LogP contribution in [0.3, 0.4) is 0 Å². The van der Waals surface area contributed by atoms with Crippen molar-refractivity contribution in [3.63, 3.8) is 0 Å². The summed E-state index contributed by atoms with van der Waals surface area (Å²) in [6.07, 6.45) is 0. The van der Waals surface area contributed by atoms with Crippen LogP contribution in [0.25, 0.3) is 11.4 Å². The summed E-state index contributed by atoms with van der Waals surface area (Å²) in [6, 6.07) is 6.33. The molecule has 7 heteroatoms. The van der Waals surface area contributed by atoms with Crippen molar-refractivity contribution < 1.29 is 4.92 Å². The van der Waals surface area contributed by atoms with E-state index in [0.29, 0.717) is 12.1 Å². The minimum absolute atomic E-state index is 0.0156. The Balaban J connectivity index is 2.50. The minimum atomic E-state index is -0.456. The Hall–Kier alpha value is -2.31. The highest BCUT2D eigenvalue weighted by atomic mass is 16.6. The van der Waals surface area contributed by atoms with E-state index in [4.69, 9.17) is 0 Å². The average molecular weight is 219 g/mol. The second-order valence-electron chi connectivity index (χ2n) is 3.08. The van der Waals surface area contributed by atoms with Crippen LogP contribution in [0.15, 0.2) is 24.3 Å². The molecule has 0 aliphatic carbocycles. The fraction of sp³-hybridized carbons (Fsp3) is 0.222. The Kier molecular flexibility index (Phi) is 2.59. The molecule has 0 aliphatic rings. The lowest BCUT2D eigenvalue weighted by Crippen LogP contribution is -1.98. The van der Waals surface area contributed by atoms with Gasteiger partial charge in [0.25, 0.3) is 5.69 Å². The number of nitro benzene ring substituents is 1. The zero-order valence-electron chi connectivity index (χ0n) is 8.57. The lowest BCUT2D eigenvalue weighted by atomic mass is 10.2. The Morgan fingerprint density at radius 3 is 2.81 bits per heavy atom. The fourth-order valence-corrected chi connectivity index (χ4v) is 1.31. The van der Waals surface area contributed by atoms with E-state index >= 15 is 0 Å². The van der Waals surface area contributed by atoms with Crippen molar-refractivity contribution in [2.24, 2.45) is 0 Å². The van der Waals surface area contributed by atoms with Gasteiger partial charge in [-0.3, -0.25) is 10.1 Å². The second kappa shape index (κ2) is 4.05. The number of nitrogens with zero attached hydrogens (tertiary/aromatic N) is 5. The van der Waals surface area contributed by atoms with Crippen molar-refractivity contribution in [2.75, 3.05) is 0 Å². The fourth-order valence-electron chi connectivity index (χ4n) is 1.31. The lowest BCUT2D eigenvalue weighted by Gasteiger charge is -1.96. The monoisotopic (exact) mass is 219 g/mol. The minimum Gasteiger partial charge on any atom is -0.258 e. The van der Waals surface area contributed by atoms with E-state index in [1.807, 2.05) is 6.92 Å². The smallest absolute Gasteiger partial charge is 0.258 e. The van der Waals surface area contributed by atoms with E-state index in [1.165, 1.54) is 10.9 Å². The zero-order chi connectivity index (χ0) is 11.5. The number of hydrogen-bond donors (Lipinski definition) is 0. The lowest BCUT2D eigenvalue weighted by molar-refractivity contribution is -0.384. The van der Waals surface area contributed by atoms with Crippen molar-refractivity contribution >= 4 is 5.69 Å². The third-order valence-electron chi connectivity index (χ3n) is 2.08. The summed E-state index contributed by atoms with van der Waals surface area (Å²) in [5.74, 6) is 0.272. The standard InChI is InChI=1S/C9H9N5O2/c1-2-13-11-9(10-12-13)7-5-3-4-6-8(7)14(15)16/h3-6H,2H2,1H3. The normalized spacial score (nSPS) is 10.3. The number of para-hydroxylation sites is 1. The van der Waals surface area contributed by atoms with E-state index in [1.54, 1.807) is 18.2 Å². The van der Waals surface area contributed by atoms with Gasteiger partial charge in [0.05, 0.1) is 11.5 Å². The molecule has 0 spiro atoms. The third kappa shape index (κ3) is 1.74. The van der Waals surface area contributed by atoms with Gasteiger partial charge in [-0.2, -0.15) is 4.80 Å². The molecule has 1 aromatic heterocycles. The van der Waals surface area contributed by atoms with Crippen LogP contribution < -0.4 is 0 Å². The van der Waals surface area contributed by atoms with Crippen molar-refractivity contribution in [1.29, 1.82) is 0 Å². The van der Waals surface area contributed by atoms with Gasteiger partial charge in [-0.15, -0.1) is 10.2 Å². The molecule has 0 fully saturated rings. The Bertz CT molecular complexity index is 522. The van der Waals surface area contributed by atoms with Crippen LogP contribution in [-0.2, 0) is 6.54 Å². The van der Waals surface area contributed by atoms with Gasteiger partial charge in [0.15, 0.2) is 0 Å². The molecule has 7 nitrogen and oxygen atoms in total. The highest BCUT2D eigenvalue weighted by Gasteiger charge is 2.17. The van der Waals surface area contributed by atoms with Gasteiger partial charge in [-0.25, -0.2) is 0 Å². The zero-order valence-corrected chi connectivity index (χ0v) is 8.57. The molecular formula is C9H9N5O2. The number of aromatic nitrogens is 4. The first-order valence-corrected chi connectivity index (χ1v) is 4.74. The molecule has 1 heterocycles. The number of hydrogen-bond acceptors (Lipinski definition) is 5. The van der Waals surface area contributed by atoms with Crippen LogP contribution in [0.1, 0.15) is 6.92 Å². The Labute approximate surface area is 90.9 Å². The molecule has 82 valence electrons. The Morgan fingerprint density at radius 1 is 1.44 bits per heavy atom. The van der Waals surface area contributed by atoms with Gasteiger partial charge in [0.1, 0.15) is 5.56 Å². The highest BCUT2D eigenvalue weighted by Crippen LogP contribution is 2.25. The maximum atomic E-state index is 10.8. The van der Waals surface area contributed by atoms with Gasteiger partial charge in [-0.1, -0.05) is 12.1 Å². The predicted octanol–water partition coefficient (Wildman–Crippen LogP) is 1.27. The van der Waals surface area contributed by atoms with Crippen molar-refractivity contribution in [3.05, 3.63) is 34.4 Å². The largest absolute Gasteiger partial charge is 0.280 e. The van der Waals surface area contributed by atoms with Gasteiger partial charge in [0, 0.05) is 6.07 Å². The molecule has 0 amide bonds. The third-order valence-corrected chi connectivity index (χ3v) is 2.08. The van der Waals surface area contributed by atoms with Gasteiger partial charge in [0.2, 0.25) is 5.82 Å². The van der Waals surface area contributed by atoms with Crippen LogP contribution in [0, 0.1) is 10.1 Å². The molecule has 0 atom stereocenters. The average Bonchev–Trinajstić information content (AvgIpc) is 2.77. The van der Waals surface area contributed by atoms with Gasteiger partial charge >= 0.3 is 0 Å². The summed E-state index contributed by atoms with van der Waals surface area (Å²) >= 11 is 0. The molecule has 0 saturated heterocycles. The molecule has 0 aliphatic heterocycles. The first-order valence-electron chi connectivity index (χ1n) is 4.74. The summed E-state index contributed by atoms with van der Waals surface area (Å²) in [7, 11) is 0. The van der Waals surface area contributed by atoms with Crippen LogP contribution in [0.4, 0.5) is 5.69 Å². The number of aryl methyl sites for hydroxylation is 1. The molecule has 0 unspecified atom stereocenters. The number of rotatable bonds is 3. The molecule has 0 N–H and O–H groups in total. The molecular weight excluding hydrogens is 210 g/mol. The van der Waals surface area contributed by atoms with Crippen LogP contribution in [-0.4, -0.2) is 25.1 Å². The van der Waals surface area contributed by atoms with E-state index in [0.717, 1.165) is 0 Å². The summed E-state index contributed by atoms with van der Waals surface area (Å²) < 4.78 is 0. The van der Waals surface area contributed by atoms with Gasteiger partial charge in [-0.05, 0) is 18.2 Å². The second-order valence-corrected chi connectivity index (χ2v) is 3.08. The van der Waals surface area contributed by atoms with Crippen LogP contribution in [0.2, 0.25) is 0 Å². The Morgan fingerprint density at radius 2 is 2.19 bits per heavy atom. The topological polar surface area (TPSA) is 86.7 Å². The van der Waals surface area contributed by atoms with E-state index in [-0.39, 0.29) is 11.5 Å². The van der Waals surface area contributed by atoms with Crippen LogP contribution >= 0.6 is 0 Å². The number of benzene rings is 1. The van der Waals surface area contributed by atoms with Crippen molar-refractivity contribution in [3.8, 4) is 11.4 Å². The van der Waals surface area contributed by atoms with Crippen molar-refractivity contribution in [1.82, 2.24) is 20.2 Å². The number of tetrazole rings is 1. The molecule has 16 heavy (non-hydrogen) atoms. The van der Waals surface area contributed by atoms with E-state index in [9.17, 15) is 10.1 Å². The molecule has 1 aromatic carbocycles. The maximum Gasteiger partial charge on any atom is 0.280 e. The maximum absolute atomic E-state index is 10.8. The summed E-state index contributed by atoms with van der Waals surface area (Å²) in [4.78, 5) is 11.7. The van der Waals surface area contributed by atoms with Gasteiger partial charge < -0.3 is 0 Å². The molecule has 2 aromatic rings. The summed E-state index contributed by atoms with van der Waals surface area (Å²) in [5, 5.41) is 22.4. The quantitative estimate of drug-likeness (QED) is 0.573. The molecule has 0 bridgehead atoms.